The summed E-state index contributed by atoms with van der Waals surface area (Å²) in [6.07, 6.45) is 1.42. The van der Waals surface area contributed by atoms with Gasteiger partial charge in [-0.25, -0.2) is 18.0 Å². The van der Waals surface area contributed by atoms with Crippen LogP contribution in [0.2, 0.25) is 0 Å². The van der Waals surface area contributed by atoms with E-state index in [9.17, 15) is 18.0 Å². The highest BCUT2D eigenvalue weighted by atomic mass is 19.3. The summed E-state index contributed by atoms with van der Waals surface area (Å²) in [5.41, 5.74) is 0.929. The average molecular weight is 485 g/mol. The largest absolute Gasteiger partial charge is 0.328 e. The monoisotopic (exact) mass is 484 g/mol. The smallest absolute Gasteiger partial charge is 0.296 e. The fourth-order valence-electron chi connectivity index (χ4n) is 5.78. The van der Waals surface area contributed by atoms with Crippen LogP contribution in [0.15, 0.2) is 59.6 Å². The number of alkyl halides is 2. The normalized spacial score (nSPS) is 28.6. The van der Waals surface area contributed by atoms with Crippen LogP contribution in [-0.2, 0) is 6.54 Å². The third kappa shape index (κ3) is 4.81. The number of carbonyl (C=O) groups is 1. The first-order valence-electron chi connectivity index (χ1n) is 12.4. The molecule has 186 valence electrons. The summed E-state index contributed by atoms with van der Waals surface area (Å²) in [7, 11) is 0. The van der Waals surface area contributed by atoms with Gasteiger partial charge >= 0.3 is 6.03 Å². The first-order chi connectivity index (χ1) is 16.8. The maximum Gasteiger partial charge on any atom is 0.328 e. The Hall–Kier alpha value is -2.87. The zero-order chi connectivity index (χ0) is 24.6. The zero-order valence-electron chi connectivity index (χ0n) is 19.9. The minimum Gasteiger partial charge on any atom is -0.296 e. The molecule has 3 fully saturated rings. The molecule has 35 heavy (non-hydrogen) atoms. The van der Waals surface area contributed by atoms with Crippen molar-refractivity contribution in [1.29, 1.82) is 0 Å². The lowest BCUT2D eigenvalue weighted by atomic mass is 9.81. The lowest BCUT2D eigenvalue weighted by Gasteiger charge is -2.47. The van der Waals surface area contributed by atoms with Crippen LogP contribution < -0.4 is 10.2 Å². The summed E-state index contributed by atoms with van der Waals surface area (Å²) in [5.74, 6) is -2.52. The average Bonchev–Trinajstić information content (AvgIpc) is 3.08. The van der Waals surface area contributed by atoms with Crippen LogP contribution in [0.1, 0.15) is 51.0 Å². The van der Waals surface area contributed by atoms with Gasteiger partial charge in [-0.1, -0.05) is 36.4 Å². The molecule has 0 radical (unpaired) electrons. The molecular formula is C27H31F3N4O. The van der Waals surface area contributed by atoms with Crippen molar-refractivity contribution >= 4 is 17.6 Å². The lowest BCUT2D eigenvalue weighted by Crippen LogP contribution is -2.59. The van der Waals surface area contributed by atoms with E-state index in [-0.39, 0.29) is 43.8 Å². The molecule has 2 saturated heterocycles. The predicted octanol–water partition coefficient (Wildman–Crippen LogP) is 5.76. The minimum absolute atomic E-state index is 0.119. The molecular weight excluding hydrogens is 453 g/mol. The van der Waals surface area contributed by atoms with Gasteiger partial charge in [-0.05, 0) is 56.4 Å². The summed E-state index contributed by atoms with van der Waals surface area (Å²) in [5, 5.41) is 2.94. The van der Waals surface area contributed by atoms with Gasteiger partial charge in [0.25, 0.3) is 0 Å². The molecule has 1 aliphatic carbocycles. The number of amidine groups is 1. The predicted molar refractivity (Wildman–Crippen MR) is 130 cm³/mol. The number of amides is 2. The first kappa shape index (κ1) is 23.9. The van der Waals surface area contributed by atoms with Gasteiger partial charge in [0.05, 0.1) is 6.04 Å². The number of benzene rings is 2. The molecule has 2 unspecified atom stereocenters. The Morgan fingerprint density at radius 3 is 2.49 bits per heavy atom. The van der Waals surface area contributed by atoms with Crippen molar-refractivity contribution in [3.05, 3.63) is 66.0 Å². The maximum absolute atomic E-state index is 14.2. The van der Waals surface area contributed by atoms with Crippen LogP contribution >= 0.6 is 0 Å². The van der Waals surface area contributed by atoms with Gasteiger partial charge < -0.3 is 0 Å². The van der Waals surface area contributed by atoms with Gasteiger partial charge in [-0.3, -0.25) is 20.1 Å². The molecule has 1 spiro atoms. The second-order valence-electron chi connectivity index (χ2n) is 10.1. The van der Waals surface area contributed by atoms with E-state index < -0.39 is 17.3 Å². The number of likely N-dealkylation sites (tertiary alicyclic amines) is 1. The number of anilines is 1. The lowest BCUT2D eigenvalue weighted by molar-refractivity contribution is -0.0374. The van der Waals surface area contributed by atoms with Crippen LogP contribution in [-0.4, -0.2) is 46.9 Å². The van der Waals surface area contributed by atoms with Crippen molar-refractivity contribution in [1.82, 2.24) is 10.2 Å². The molecule has 2 amide bonds. The Bertz CT molecular complexity index is 1100. The molecule has 8 heteroatoms. The topological polar surface area (TPSA) is 47.9 Å². The number of nitrogens with one attached hydrogen (secondary N) is 1. The van der Waals surface area contributed by atoms with Crippen LogP contribution in [0.3, 0.4) is 0 Å². The number of halogens is 3. The molecule has 2 heterocycles. The number of aliphatic imine (C=N–C) groups is 1. The van der Waals surface area contributed by atoms with Gasteiger partial charge in [0.15, 0.2) is 0 Å². The van der Waals surface area contributed by atoms with E-state index in [1.807, 2.05) is 18.2 Å². The van der Waals surface area contributed by atoms with E-state index in [1.165, 1.54) is 17.7 Å². The summed E-state index contributed by atoms with van der Waals surface area (Å²) in [6.45, 7) is 3.65. The number of carbonyl (C=O) groups excluding carboxylic acids is 1. The molecule has 3 aliphatic rings. The number of rotatable bonds is 4. The second kappa shape index (κ2) is 9.30. The number of hydrogen-bond acceptors (Lipinski definition) is 3. The minimum atomic E-state index is -2.64. The fourth-order valence-corrected chi connectivity index (χ4v) is 5.78. The van der Waals surface area contributed by atoms with Crippen molar-refractivity contribution in [2.45, 2.75) is 75.5 Å². The Labute approximate surface area is 204 Å². The Morgan fingerprint density at radius 1 is 1.06 bits per heavy atom. The number of nitrogens with zero attached hydrogens (tertiary/aromatic N) is 3. The fraction of sp³-hybridized carbons (Fsp3) is 0.481. The van der Waals surface area contributed by atoms with E-state index in [4.69, 9.17) is 4.99 Å². The van der Waals surface area contributed by atoms with E-state index in [2.05, 4.69) is 29.3 Å². The summed E-state index contributed by atoms with van der Waals surface area (Å²) >= 11 is 0. The van der Waals surface area contributed by atoms with Crippen molar-refractivity contribution in [2.24, 2.45) is 4.99 Å². The van der Waals surface area contributed by atoms with Gasteiger partial charge in [0, 0.05) is 37.7 Å². The van der Waals surface area contributed by atoms with Crippen LogP contribution in [0.4, 0.5) is 23.7 Å². The molecule has 2 aromatic carbocycles. The van der Waals surface area contributed by atoms with Gasteiger partial charge in [-0.2, -0.15) is 0 Å². The number of urea groups is 1. The highest BCUT2D eigenvalue weighted by Crippen LogP contribution is 2.42. The molecule has 2 aromatic rings. The summed E-state index contributed by atoms with van der Waals surface area (Å²) in [4.78, 5) is 22.2. The van der Waals surface area contributed by atoms with Gasteiger partial charge in [0.2, 0.25) is 5.92 Å². The molecule has 5 nitrogen and oxygen atoms in total. The highest BCUT2D eigenvalue weighted by molar-refractivity contribution is 6.19. The van der Waals surface area contributed by atoms with Crippen LogP contribution in [0.5, 0.6) is 0 Å². The van der Waals surface area contributed by atoms with Crippen LogP contribution in [0.25, 0.3) is 0 Å². The summed E-state index contributed by atoms with van der Waals surface area (Å²) in [6, 6.07) is 15.8. The van der Waals surface area contributed by atoms with Crippen LogP contribution in [0, 0.1) is 5.82 Å². The zero-order valence-corrected chi connectivity index (χ0v) is 19.9. The van der Waals surface area contributed by atoms with Crippen molar-refractivity contribution in [2.75, 3.05) is 11.4 Å². The third-order valence-corrected chi connectivity index (χ3v) is 7.66. The van der Waals surface area contributed by atoms with E-state index in [0.717, 1.165) is 13.1 Å². The van der Waals surface area contributed by atoms with Gasteiger partial charge in [-0.15, -0.1) is 0 Å². The van der Waals surface area contributed by atoms with Gasteiger partial charge in [0.1, 0.15) is 17.2 Å². The molecule has 5 rings (SSSR count). The van der Waals surface area contributed by atoms with E-state index >= 15 is 0 Å². The Balaban J connectivity index is 1.46. The third-order valence-electron chi connectivity index (χ3n) is 7.66. The SMILES string of the molecule is CC1CC2(CCN1Cc1ccccc1)C(=NC1CCC(F)(F)CC1)NC(=O)N2c1cccc(F)c1. The molecule has 2 atom stereocenters. The highest BCUT2D eigenvalue weighted by Gasteiger charge is 2.55. The molecule has 0 bridgehead atoms. The van der Waals surface area contributed by atoms with Crippen molar-refractivity contribution in [3.63, 3.8) is 0 Å². The Kier molecular flexibility index (Phi) is 6.34. The number of piperidine rings is 1. The molecule has 1 N–H and O–H groups in total. The molecule has 2 aliphatic heterocycles. The second-order valence-corrected chi connectivity index (χ2v) is 10.1. The molecule has 1 saturated carbocycles. The van der Waals surface area contributed by atoms with E-state index in [1.54, 1.807) is 17.0 Å². The number of hydrogen-bond donors (Lipinski definition) is 1. The maximum atomic E-state index is 14.2. The molecule has 0 aromatic heterocycles. The van der Waals surface area contributed by atoms with E-state index in [0.29, 0.717) is 24.4 Å². The summed E-state index contributed by atoms with van der Waals surface area (Å²) < 4.78 is 41.6. The van der Waals surface area contributed by atoms with Crippen molar-refractivity contribution < 1.29 is 18.0 Å². The van der Waals surface area contributed by atoms with Crippen molar-refractivity contribution in [3.8, 4) is 0 Å². The quantitative estimate of drug-likeness (QED) is 0.600. The first-order valence-corrected chi connectivity index (χ1v) is 12.4. The Morgan fingerprint density at radius 2 is 1.80 bits per heavy atom. The standard InChI is InChI=1S/C27H31F3N4O/c1-19-17-26(14-15-33(19)18-20-6-3-2-4-7-20)24(31-22-10-12-27(29,30)13-11-22)32-25(35)34(26)23-9-5-8-21(28)16-23/h2-9,16,19,22H,10-15,17-18H2,1H3,(H,31,32,35).